The molecule has 3 heterocycles. The normalized spacial score (nSPS) is 16.8. The Hall–Kier alpha value is -3.37. The summed E-state index contributed by atoms with van der Waals surface area (Å²) in [5.41, 5.74) is 2.58. The number of fused-ring (bicyclic) bond motifs is 16. The summed E-state index contributed by atoms with van der Waals surface area (Å²) in [4.78, 5) is 26.4. The summed E-state index contributed by atoms with van der Waals surface area (Å²) in [6, 6.07) is 7.30. The molecule has 1 aromatic heterocycles. The third-order valence-electron chi connectivity index (χ3n) is 6.22. The molecule has 4 rings (SSSR count). The summed E-state index contributed by atoms with van der Waals surface area (Å²) in [7, 11) is 0. The molecular formula is C27H37F3N6O2. The average Bonchev–Trinajstić information content (AvgIpc) is 2.87. The summed E-state index contributed by atoms with van der Waals surface area (Å²) in [5.74, 6) is 0.616. The molecule has 2 aliphatic rings. The Morgan fingerprint density at radius 1 is 0.947 bits per heavy atom. The molecule has 0 saturated heterocycles. The lowest BCUT2D eigenvalue weighted by atomic mass is 10.1. The maximum absolute atomic E-state index is 12.7. The number of nitrogens with zero attached hydrogens (tertiary/aromatic N) is 4. The van der Waals surface area contributed by atoms with Crippen molar-refractivity contribution < 1.29 is 22.7 Å². The minimum atomic E-state index is -4.49. The van der Waals surface area contributed by atoms with Gasteiger partial charge in [-0.1, -0.05) is 56.5 Å². The molecule has 0 saturated carbocycles. The zero-order valence-corrected chi connectivity index (χ0v) is 21.9. The number of hydrogen-bond donors (Lipinski definition) is 2. The van der Waals surface area contributed by atoms with Gasteiger partial charge < -0.3 is 20.3 Å². The van der Waals surface area contributed by atoms with Gasteiger partial charge in [-0.3, -0.25) is 4.79 Å². The second kappa shape index (κ2) is 14.5. The van der Waals surface area contributed by atoms with Crippen LogP contribution < -0.4 is 15.4 Å². The summed E-state index contributed by atoms with van der Waals surface area (Å²) in [5, 5.41) is 6.42. The molecule has 1 amide bonds. The Balaban J connectivity index is 1.72. The molecule has 11 heteroatoms. The van der Waals surface area contributed by atoms with Crippen molar-refractivity contribution in [1.29, 1.82) is 0 Å². The third-order valence-corrected chi connectivity index (χ3v) is 6.22. The molecule has 38 heavy (non-hydrogen) atoms. The molecule has 0 aliphatic carbocycles. The van der Waals surface area contributed by atoms with Crippen molar-refractivity contribution in [2.45, 2.75) is 64.5 Å². The minimum Gasteiger partial charge on any atom is -0.454 e. The fraction of sp³-hybridized carbons (Fsp3) is 0.556. The largest absolute Gasteiger partial charge is 0.454 e. The number of carbonyl (C=O) groups is 1. The number of alkyl halides is 3. The minimum absolute atomic E-state index is 0.100. The quantitative estimate of drug-likeness (QED) is 0.562. The van der Waals surface area contributed by atoms with E-state index in [1.165, 1.54) is 0 Å². The van der Waals surface area contributed by atoms with Gasteiger partial charge in [-0.25, -0.2) is 0 Å². The molecule has 1 aromatic carbocycles. The molecule has 0 atom stereocenters. The standard InChI is InChI=1S/C27H37F3N6O2/c1-20-23-12-10-22(11-13-23)18-24-33-25(35-26(34-24)38-19-27(28,29)30)32-14-7-5-3-4-6-8-16-36(21(2)37)17-9-15-31-20/h10-13,31H,1,3-9,14-19H2,2H3,(H,32,33,34,35). The highest BCUT2D eigenvalue weighted by molar-refractivity contribution is 5.73. The third kappa shape index (κ3) is 10.5. The number of aromatic nitrogens is 3. The van der Waals surface area contributed by atoms with Crippen LogP contribution >= 0.6 is 0 Å². The lowest BCUT2D eigenvalue weighted by Gasteiger charge is -2.21. The second-order valence-electron chi connectivity index (χ2n) is 9.45. The zero-order valence-electron chi connectivity index (χ0n) is 21.9. The summed E-state index contributed by atoms with van der Waals surface area (Å²) in [6.07, 6.45) is 2.68. The van der Waals surface area contributed by atoms with Crippen molar-refractivity contribution in [3.8, 4) is 6.01 Å². The van der Waals surface area contributed by atoms with E-state index in [0.717, 1.165) is 68.3 Å². The van der Waals surface area contributed by atoms with Crippen LogP contribution in [0.4, 0.5) is 19.1 Å². The molecule has 4 bridgehead atoms. The summed E-state index contributed by atoms with van der Waals surface area (Å²) < 4.78 is 42.9. The van der Waals surface area contributed by atoms with Crippen LogP contribution in [-0.2, 0) is 11.2 Å². The van der Waals surface area contributed by atoms with E-state index < -0.39 is 12.8 Å². The fourth-order valence-electron chi connectivity index (χ4n) is 4.15. The lowest BCUT2D eigenvalue weighted by molar-refractivity contribution is -0.154. The highest BCUT2D eigenvalue weighted by atomic mass is 19.4. The smallest absolute Gasteiger partial charge is 0.422 e. The first-order chi connectivity index (χ1) is 18.2. The Kier molecular flexibility index (Phi) is 11.2. The first-order valence-corrected chi connectivity index (χ1v) is 13.2. The van der Waals surface area contributed by atoms with Crippen LogP contribution in [0.25, 0.3) is 5.70 Å². The van der Waals surface area contributed by atoms with Gasteiger partial charge in [0.2, 0.25) is 11.9 Å². The number of carbonyl (C=O) groups excluding carboxylic acids is 1. The highest BCUT2D eigenvalue weighted by Gasteiger charge is 2.29. The van der Waals surface area contributed by atoms with Gasteiger partial charge in [0, 0.05) is 45.2 Å². The zero-order chi connectivity index (χ0) is 27.4. The predicted octanol–water partition coefficient (Wildman–Crippen LogP) is 4.97. The van der Waals surface area contributed by atoms with Crippen molar-refractivity contribution >= 4 is 17.6 Å². The summed E-state index contributed by atoms with van der Waals surface area (Å²) in [6.45, 7) is 7.02. The predicted molar refractivity (Wildman–Crippen MR) is 141 cm³/mol. The molecule has 8 nitrogen and oxygen atoms in total. The van der Waals surface area contributed by atoms with E-state index in [-0.39, 0.29) is 17.9 Å². The molecule has 0 unspecified atom stereocenters. The van der Waals surface area contributed by atoms with E-state index in [1.807, 2.05) is 29.2 Å². The van der Waals surface area contributed by atoms with E-state index >= 15 is 0 Å². The van der Waals surface area contributed by atoms with E-state index in [2.05, 4.69) is 32.2 Å². The van der Waals surface area contributed by atoms with Crippen LogP contribution in [0.15, 0.2) is 30.8 Å². The van der Waals surface area contributed by atoms with Crippen LogP contribution in [0.3, 0.4) is 0 Å². The molecule has 0 spiro atoms. The Morgan fingerprint density at radius 2 is 1.61 bits per heavy atom. The molecule has 0 radical (unpaired) electrons. The van der Waals surface area contributed by atoms with E-state index in [4.69, 9.17) is 4.74 Å². The van der Waals surface area contributed by atoms with Gasteiger partial charge in [0.25, 0.3) is 0 Å². The number of benzene rings is 1. The summed E-state index contributed by atoms with van der Waals surface area (Å²) >= 11 is 0. The van der Waals surface area contributed by atoms with Crippen molar-refractivity contribution in [3.05, 3.63) is 47.8 Å². The van der Waals surface area contributed by atoms with Gasteiger partial charge in [-0.15, -0.1) is 0 Å². The van der Waals surface area contributed by atoms with Crippen LogP contribution in [-0.4, -0.2) is 64.7 Å². The van der Waals surface area contributed by atoms with Gasteiger partial charge in [0.05, 0.1) is 0 Å². The Morgan fingerprint density at radius 3 is 2.32 bits per heavy atom. The maximum Gasteiger partial charge on any atom is 0.422 e. The second-order valence-corrected chi connectivity index (χ2v) is 9.45. The van der Waals surface area contributed by atoms with Gasteiger partial charge in [0.1, 0.15) is 5.82 Å². The van der Waals surface area contributed by atoms with Crippen LogP contribution in [0.1, 0.15) is 68.8 Å². The molecule has 2 N–H and O–H groups in total. The highest BCUT2D eigenvalue weighted by Crippen LogP contribution is 2.19. The number of ether oxygens (including phenoxy) is 1. The van der Waals surface area contributed by atoms with Gasteiger partial charge in [-0.2, -0.15) is 28.1 Å². The van der Waals surface area contributed by atoms with E-state index in [0.29, 0.717) is 31.9 Å². The number of hydrogen-bond acceptors (Lipinski definition) is 7. The van der Waals surface area contributed by atoms with Gasteiger partial charge >= 0.3 is 12.2 Å². The number of anilines is 1. The number of nitrogens with one attached hydrogen (secondary N) is 2. The molecule has 2 aromatic rings. The molecule has 0 fully saturated rings. The van der Waals surface area contributed by atoms with Crippen LogP contribution in [0.5, 0.6) is 6.01 Å². The number of halogens is 3. The number of amides is 1. The monoisotopic (exact) mass is 534 g/mol. The molecule has 208 valence electrons. The number of rotatable bonds is 2. The Bertz CT molecular complexity index is 1050. The fourth-order valence-corrected chi connectivity index (χ4v) is 4.15. The topological polar surface area (TPSA) is 92.3 Å². The molecule has 2 aliphatic heterocycles. The van der Waals surface area contributed by atoms with Crippen molar-refractivity contribution in [2.75, 3.05) is 38.1 Å². The lowest BCUT2D eigenvalue weighted by Crippen LogP contribution is -2.32. The van der Waals surface area contributed by atoms with Crippen LogP contribution in [0.2, 0.25) is 0 Å². The average molecular weight is 535 g/mol. The van der Waals surface area contributed by atoms with E-state index in [1.54, 1.807) is 6.92 Å². The van der Waals surface area contributed by atoms with Crippen molar-refractivity contribution in [1.82, 2.24) is 25.2 Å². The SMILES string of the molecule is C=C1NCCCN(C(C)=O)CCCCCCCCNc2nc(nc(OCC(F)(F)F)n2)Cc2ccc1cc2. The van der Waals surface area contributed by atoms with Crippen molar-refractivity contribution in [2.24, 2.45) is 0 Å². The molecular weight excluding hydrogens is 497 g/mol. The van der Waals surface area contributed by atoms with E-state index in [9.17, 15) is 18.0 Å². The maximum atomic E-state index is 12.7. The van der Waals surface area contributed by atoms with Gasteiger partial charge in [0.15, 0.2) is 6.61 Å². The van der Waals surface area contributed by atoms with Crippen LogP contribution in [0, 0.1) is 0 Å². The van der Waals surface area contributed by atoms with Gasteiger partial charge in [-0.05, 0) is 30.4 Å². The Labute approximate surface area is 222 Å². The first-order valence-electron chi connectivity index (χ1n) is 13.2. The van der Waals surface area contributed by atoms with Crippen molar-refractivity contribution in [3.63, 3.8) is 0 Å². The first kappa shape index (κ1) is 29.2.